The summed E-state index contributed by atoms with van der Waals surface area (Å²) in [5.41, 5.74) is 0. The van der Waals surface area contributed by atoms with Gasteiger partial charge < -0.3 is 14.5 Å². The van der Waals surface area contributed by atoms with E-state index in [4.69, 9.17) is 9.63 Å². The molecule has 0 saturated carbocycles. The first kappa shape index (κ1) is 14.0. The molecule has 1 fully saturated rings. The molecular weight excluding hydrogens is 246 g/mol. The molecule has 1 unspecified atom stereocenters. The van der Waals surface area contributed by atoms with Gasteiger partial charge in [0.1, 0.15) is 0 Å². The molecule has 106 valence electrons. The lowest BCUT2D eigenvalue weighted by Crippen LogP contribution is -2.35. The van der Waals surface area contributed by atoms with Gasteiger partial charge in [-0.15, -0.1) is 0 Å². The van der Waals surface area contributed by atoms with Crippen molar-refractivity contribution in [3.63, 3.8) is 0 Å². The molecular formula is C13H21N3O3. The molecule has 1 N–H and O–H groups in total. The molecule has 0 spiro atoms. The van der Waals surface area contributed by atoms with E-state index in [1.54, 1.807) is 0 Å². The van der Waals surface area contributed by atoms with Crippen LogP contribution in [0.3, 0.4) is 0 Å². The van der Waals surface area contributed by atoms with E-state index in [2.05, 4.69) is 22.0 Å². The van der Waals surface area contributed by atoms with E-state index in [0.717, 1.165) is 19.5 Å². The summed E-state index contributed by atoms with van der Waals surface area (Å²) in [5.74, 6) is 0.877. The molecule has 1 aromatic rings. The highest BCUT2D eigenvalue weighted by Crippen LogP contribution is 2.20. The van der Waals surface area contributed by atoms with Crippen LogP contribution in [0.2, 0.25) is 0 Å². The lowest BCUT2D eigenvalue weighted by Gasteiger charge is -2.30. The van der Waals surface area contributed by atoms with Crippen molar-refractivity contribution in [3.8, 4) is 0 Å². The topological polar surface area (TPSA) is 79.5 Å². The van der Waals surface area contributed by atoms with Crippen LogP contribution in [0.5, 0.6) is 0 Å². The van der Waals surface area contributed by atoms with E-state index >= 15 is 0 Å². The summed E-state index contributed by atoms with van der Waals surface area (Å²) in [4.78, 5) is 17.2. The fraction of sp³-hybridized carbons (Fsp3) is 0.769. The number of carbonyl (C=O) groups is 1. The summed E-state index contributed by atoms with van der Waals surface area (Å²) in [6.07, 6.45) is 3.61. The number of nitrogens with zero attached hydrogens (tertiary/aromatic N) is 3. The van der Waals surface area contributed by atoms with Crippen molar-refractivity contribution in [2.75, 3.05) is 19.6 Å². The molecule has 0 amide bonds. The molecule has 0 aliphatic carbocycles. The quantitative estimate of drug-likeness (QED) is 0.838. The van der Waals surface area contributed by atoms with Crippen molar-refractivity contribution >= 4 is 5.97 Å². The Hall–Kier alpha value is -1.43. The van der Waals surface area contributed by atoms with Crippen LogP contribution >= 0.6 is 0 Å². The predicted molar refractivity (Wildman–Crippen MR) is 68.8 cm³/mol. The summed E-state index contributed by atoms with van der Waals surface area (Å²) >= 11 is 0. The maximum atomic E-state index is 10.5. The van der Waals surface area contributed by atoms with Gasteiger partial charge in [0.15, 0.2) is 5.82 Å². The zero-order valence-corrected chi connectivity index (χ0v) is 11.3. The van der Waals surface area contributed by atoms with Crippen LogP contribution in [0.25, 0.3) is 0 Å². The Morgan fingerprint density at radius 1 is 1.58 bits per heavy atom. The van der Waals surface area contributed by atoms with E-state index in [1.165, 1.54) is 19.4 Å². The Morgan fingerprint density at radius 2 is 2.42 bits per heavy atom. The molecule has 1 aliphatic rings. The monoisotopic (exact) mass is 267 g/mol. The Bertz CT molecular complexity index is 419. The van der Waals surface area contributed by atoms with Crippen LogP contribution in [0.4, 0.5) is 0 Å². The van der Waals surface area contributed by atoms with Crippen molar-refractivity contribution in [2.24, 2.45) is 5.92 Å². The van der Waals surface area contributed by atoms with Gasteiger partial charge in [0, 0.05) is 19.4 Å². The average molecular weight is 267 g/mol. The Kier molecular flexibility index (Phi) is 4.90. The van der Waals surface area contributed by atoms with Crippen molar-refractivity contribution in [2.45, 2.75) is 39.0 Å². The van der Waals surface area contributed by atoms with Gasteiger partial charge in [0.05, 0.1) is 6.42 Å². The third kappa shape index (κ3) is 4.31. The van der Waals surface area contributed by atoms with E-state index < -0.39 is 5.97 Å². The SMILES string of the molecule is CCN1CCCC(Cc2nc(CCC(=O)O)no2)C1. The Balaban J connectivity index is 1.83. The standard InChI is InChI=1S/C13H21N3O3/c1-2-16-7-3-4-10(9-16)8-12-14-11(15-19-12)5-6-13(17)18/h10H,2-9H2,1H3,(H,17,18). The molecule has 0 aromatic carbocycles. The van der Waals surface area contributed by atoms with Crippen LogP contribution in [0.15, 0.2) is 4.52 Å². The number of carboxylic acids is 1. The molecule has 1 aliphatic heterocycles. The van der Waals surface area contributed by atoms with E-state index in [1.807, 2.05) is 0 Å². The van der Waals surface area contributed by atoms with Crippen molar-refractivity contribution in [1.29, 1.82) is 0 Å². The number of aliphatic carboxylic acids is 1. The Morgan fingerprint density at radius 3 is 3.16 bits per heavy atom. The largest absolute Gasteiger partial charge is 0.481 e. The summed E-state index contributed by atoms with van der Waals surface area (Å²) < 4.78 is 5.20. The minimum absolute atomic E-state index is 0.0476. The zero-order valence-electron chi connectivity index (χ0n) is 11.3. The van der Waals surface area contributed by atoms with Gasteiger partial charge in [-0.1, -0.05) is 12.1 Å². The van der Waals surface area contributed by atoms with Crippen LogP contribution in [-0.2, 0) is 17.6 Å². The number of aromatic nitrogens is 2. The molecule has 2 rings (SSSR count). The highest BCUT2D eigenvalue weighted by Gasteiger charge is 2.21. The first-order chi connectivity index (χ1) is 9.17. The van der Waals surface area contributed by atoms with Gasteiger partial charge in [-0.25, -0.2) is 0 Å². The first-order valence-corrected chi connectivity index (χ1v) is 6.93. The van der Waals surface area contributed by atoms with Crippen LogP contribution in [-0.4, -0.2) is 45.8 Å². The van der Waals surface area contributed by atoms with Crippen LogP contribution < -0.4 is 0 Å². The summed E-state index contributed by atoms with van der Waals surface area (Å²) in [6.45, 7) is 5.54. The second kappa shape index (κ2) is 6.65. The highest BCUT2D eigenvalue weighted by molar-refractivity contribution is 5.66. The molecule has 2 heterocycles. The van der Waals surface area contributed by atoms with E-state index in [0.29, 0.717) is 24.1 Å². The number of piperidine rings is 1. The maximum absolute atomic E-state index is 10.5. The van der Waals surface area contributed by atoms with Gasteiger partial charge >= 0.3 is 5.97 Å². The molecule has 1 saturated heterocycles. The normalized spacial score (nSPS) is 20.6. The molecule has 6 nitrogen and oxygen atoms in total. The summed E-state index contributed by atoms with van der Waals surface area (Å²) in [6, 6.07) is 0. The van der Waals surface area contributed by atoms with Gasteiger partial charge in [0.25, 0.3) is 0 Å². The van der Waals surface area contributed by atoms with Gasteiger partial charge in [0.2, 0.25) is 5.89 Å². The van der Waals surface area contributed by atoms with Gasteiger partial charge in [-0.3, -0.25) is 4.79 Å². The van der Waals surface area contributed by atoms with E-state index in [-0.39, 0.29) is 6.42 Å². The van der Waals surface area contributed by atoms with Crippen LogP contribution in [0, 0.1) is 5.92 Å². The third-order valence-electron chi connectivity index (χ3n) is 3.59. The lowest BCUT2D eigenvalue weighted by molar-refractivity contribution is -0.137. The summed E-state index contributed by atoms with van der Waals surface area (Å²) in [5, 5.41) is 12.4. The minimum Gasteiger partial charge on any atom is -0.481 e. The summed E-state index contributed by atoms with van der Waals surface area (Å²) in [7, 11) is 0. The fourth-order valence-corrected chi connectivity index (χ4v) is 2.55. The number of rotatable bonds is 6. The minimum atomic E-state index is -0.836. The molecule has 1 aromatic heterocycles. The predicted octanol–water partition coefficient (Wildman–Crippen LogP) is 1.36. The number of carboxylic acid groups (broad SMARTS) is 1. The lowest BCUT2D eigenvalue weighted by atomic mass is 9.95. The average Bonchev–Trinajstić information content (AvgIpc) is 2.84. The smallest absolute Gasteiger partial charge is 0.303 e. The third-order valence-corrected chi connectivity index (χ3v) is 3.59. The molecule has 1 atom stereocenters. The van der Waals surface area contributed by atoms with E-state index in [9.17, 15) is 4.79 Å². The van der Waals surface area contributed by atoms with Gasteiger partial charge in [-0.2, -0.15) is 4.98 Å². The zero-order chi connectivity index (χ0) is 13.7. The molecule has 6 heteroatoms. The van der Waals surface area contributed by atoms with Crippen molar-refractivity contribution < 1.29 is 14.4 Å². The number of hydrogen-bond donors (Lipinski definition) is 1. The number of hydrogen-bond acceptors (Lipinski definition) is 5. The second-order valence-corrected chi connectivity index (χ2v) is 5.10. The first-order valence-electron chi connectivity index (χ1n) is 6.93. The second-order valence-electron chi connectivity index (χ2n) is 5.10. The van der Waals surface area contributed by atoms with Crippen molar-refractivity contribution in [3.05, 3.63) is 11.7 Å². The molecule has 0 radical (unpaired) electrons. The Labute approximate surface area is 112 Å². The highest BCUT2D eigenvalue weighted by atomic mass is 16.5. The van der Waals surface area contributed by atoms with Gasteiger partial charge in [-0.05, 0) is 31.8 Å². The van der Waals surface area contributed by atoms with Crippen molar-refractivity contribution in [1.82, 2.24) is 15.0 Å². The van der Waals surface area contributed by atoms with Crippen LogP contribution in [0.1, 0.15) is 37.9 Å². The maximum Gasteiger partial charge on any atom is 0.303 e. The number of likely N-dealkylation sites (tertiary alicyclic amines) is 1. The molecule has 0 bridgehead atoms. The molecule has 19 heavy (non-hydrogen) atoms. The fourth-order valence-electron chi connectivity index (χ4n) is 2.55. The number of aryl methyl sites for hydroxylation is 1.